The van der Waals surface area contributed by atoms with E-state index < -0.39 is 0 Å². The van der Waals surface area contributed by atoms with Crippen molar-refractivity contribution in [2.24, 2.45) is 5.92 Å². The topological polar surface area (TPSA) is 69.2 Å². The van der Waals surface area contributed by atoms with Gasteiger partial charge in [-0.25, -0.2) is 4.98 Å². The van der Waals surface area contributed by atoms with E-state index in [0.717, 1.165) is 54.7 Å². The quantitative estimate of drug-likeness (QED) is 0.902. The normalized spacial score (nSPS) is 25.1. The van der Waals surface area contributed by atoms with Crippen LogP contribution in [0.3, 0.4) is 0 Å². The van der Waals surface area contributed by atoms with Crippen molar-refractivity contribution in [3.8, 4) is 0 Å². The highest BCUT2D eigenvalue weighted by molar-refractivity contribution is 7.18. The first-order valence-corrected chi connectivity index (χ1v) is 9.37. The number of hydrogen-bond donors (Lipinski definition) is 2. The van der Waals surface area contributed by atoms with Gasteiger partial charge in [-0.05, 0) is 50.1 Å². The van der Waals surface area contributed by atoms with Crippen LogP contribution in [-0.4, -0.2) is 39.2 Å². The number of aliphatic hydroxyl groups is 1. The van der Waals surface area contributed by atoms with E-state index in [-0.39, 0.29) is 18.2 Å². The molecule has 4 rings (SSSR count). The first kappa shape index (κ1) is 15.3. The van der Waals surface area contributed by atoms with Crippen LogP contribution in [0.5, 0.6) is 0 Å². The lowest BCUT2D eigenvalue weighted by molar-refractivity contribution is 0.0454. The van der Waals surface area contributed by atoms with Crippen molar-refractivity contribution in [2.45, 2.75) is 51.6 Å². The summed E-state index contributed by atoms with van der Waals surface area (Å²) in [7, 11) is 0. The summed E-state index contributed by atoms with van der Waals surface area (Å²) in [6.07, 6.45) is 5.54. The summed E-state index contributed by atoms with van der Waals surface area (Å²) in [6.45, 7) is 3.93. The zero-order chi connectivity index (χ0) is 16.0. The number of nitrogens with zero attached hydrogens (tertiary/aromatic N) is 2. The van der Waals surface area contributed by atoms with Gasteiger partial charge in [0, 0.05) is 10.9 Å². The predicted molar refractivity (Wildman–Crippen MR) is 91.9 cm³/mol. The number of nitrogens with one attached hydrogen (secondary N) is 1. The van der Waals surface area contributed by atoms with Crippen molar-refractivity contribution in [1.29, 1.82) is 0 Å². The lowest BCUT2D eigenvalue weighted by Crippen LogP contribution is -2.46. The Morgan fingerprint density at radius 3 is 3.09 bits per heavy atom. The van der Waals surface area contributed by atoms with E-state index in [1.54, 1.807) is 11.3 Å². The second-order valence-corrected chi connectivity index (χ2v) is 7.97. The van der Waals surface area contributed by atoms with Crippen molar-refractivity contribution in [3.63, 3.8) is 0 Å². The minimum Gasteiger partial charge on any atom is -0.395 e. The maximum absolute atomic E-state index is 12.5. The largest absolute Gasteiger partial charge is 0.395 e. The molecule has 2 aliphatic rings. The first-order chi connectivity index (χ1) is 11.2. The van der Waals surface area contributed by atoms with E-state index in [9.17, 15) is 9.90 Å². The first-order valence-electron chi connectivity index (χ1n) is 8.55. The third-order valence-electron chi connectivity index (χ3n) is 5.39. The number of aliphatic hydroxyl groups excluding tert-OH is 1. The van der Waals surface area contributed by atoms with Crippen LogP contribution in [0.4, 0.5) is 0 Å². The molecule has 2 atom stereocenters. The van der Waals surface area contributed by atoms with Crippen LogP contribution < -0.4 is 5.56 Å². The van der Waals surface area contributed by atoms with E-state index >= 15 is 0 Å². The fourth-order valence-electron chi connectivity index (χ4n) is 4.14. The molecule has 2 unspecified atom stereocenters. The van der Waals surface area contributed by atoms with Gasteiger partial charge in [-0.1, -0.05) is 6.92 Å². The third-order valence-corrected chi connectivity index (χ3v) is 6.58. The number of hydrogen-bond acceptors (Lipinski definition) is 5. The number of aromatic nitrogens is 2. The number of rotatable bonds is 3. The lowest BCUT2D eigenvalue weighted by Gasteiger charge is -2.38. The molecule has 124 valence electrons. The van der Waals surface area contributed by atoms with Gasteiger partial charge >= 0.3 is 0 Å². The molecule has 2 N–H and O–H groups in total. The van der Waals surface area contributed by atoms with Gasteiger partial charge in [-0.3, -0.25) is 9.69 Å². The van der Waals surface area contributed by atoms with Gasteiger partial charge in [-0.15, -0.1) is 11.3 Å². The van der Waals surface area contributed by atoms with Gasteiger partial charge in [0.1, 0.15) is 10.7 Å². The molecule has 0 amide bonds. The molecule has 1 aliphatic heterocycles. The monoisotopic (exact) mass is 333 g/mol. The van der Waals surface area contributed by atoms with E-state index in [1.807, 2.05) is 0 Å². The molecular formula is C17H23N3O2S. The number of piperidine rings is 1. The summed E-state index contributed by atoms with van der Waals surface area (Å²) >= 11 is 1.68. The van der Waals surface area contributed by atoms with Crippen molar-refractivity contribution in [3.05, 3.63) is 26.6 Å². The van der Waals surface area contributed by atoms with Gasteiger partial charge in [0.05, 0.1) is 18.5 Å². The number of likely N-dealkylation sites (tertiary alicyclic amines) is 1. The van der Waals surface area contributed by atoms with Crippen molar-refractivity contribution in [2.75, 3.05) is 13.2 Å². The van der Waals surface area contributed by atoms with E-state index in [4.69, 9.17) is 4.98 Å². The highest BCUT2D eigenvalue weighted by Crippen LogP contribution is 2.34. The maximum atomic E-state index is 12.5. The van der Waals surface area contributed by atoms with Crippen LogP contribution in [0, 0.1) is 5.92 Å². The second-order valence-electron chi connectivity index (χ2n) is 6.89. The zero-order valence-electron chi connectivity index (χ0n) is 13.5. The molecule has 0 saturated carbocycles. The smallest absolute Gasteiger partial charge is 0.259 e. The Hall–Kier alpha value is -1.24. The maximum Gasteiger partial charge on any atom is 0.259 e. The molecule has 0 bridgehead atoms. The third kappa shape index (κ3) is 2.62. The molecule has 6 heteroatoms. The van der Waals surface area contributed by atoms with E-state index in [1.165, 1.54) is 10.4 Å². The molecule has 5 nitrogen and oxygen atoms in total. The predicted octanol–water partition coefficient (Wildman–Crippen LogP) is 2.07. The van der Waals surface area contributed by atoms with Crippen molar-refractivity contribution < 1.29 is 5.11 Å². The molecule has 1 fully saturated rings. The summed E-state index contributed by atoms with van der Waals surface area (Å²) in [5.74, 6) is 1.21. The number of fused-ring (bicyclic) bond motifs is 3. The summed E-state index contributed by atoms with van der Waals surface area (Å²) in [4.78, 5) is 24.7. The average molecular weight is 333 g/mol. The molecule has 2 aromatic rings. The lowest BCUT2D eigenvalue weighted by atomic mass is 9.91. The van der Waals surface area contributed by atoms with Crippen LogP contribution in [-0.2, 0) is 19.4 Å². The average Bonchev–Trinajstić information content (AvgIpc) is 3.07. The van der Waals surface area contributed by atoms with Crippen LogP contribution in [0.15, 0.2) is 4.79 Å². The van der Waals surface area contributed by atoms with Crippen LogP contribution in [0.1, 0.15) is 42.5 Å². The molecule has 0 radical (unpaired) electrons. The molecule has 0 aromatic carbocycles. The highest BCUT2D eigenvalue weighted by Gasteiger charge is 2.29. The number of aromatic amines is 1. The van der Waals surface area contributed by atoms with Crippen molar-refractivity contribution >= 4 is 21.6 Å². The minimum atomic E-state index is 0.00927. The minimum absolute atomic E-state index is 0.00927. The highest BCUT2D eigenvalue weighted by atomic mass is 32.1. The number of H-pyrrole nitrogens is 1. The van der Waals surface area contributed by atoms with Crippen molar-refractivity contribution in [1.82, 2.24) is 14.9 Å². The molecular weight excluding hydrogens is 310 g/mol. The van der Waals surface area contributed by atoms with E-state index in [0.29, 0.717) is 12.5 Å². The van der Waals surface area contributed by atoms with Gasteiger partial charge in [-0.2, -0.15) is 0 Å². The van der Waals surface area contributed by atoms with E-state index in [2.05, 4.69) is 16.8 Å². The number of thiophene rings is 1. The molecule has 1 aliphatic carbocycles. The van der Waals surface area contributed by atoms with Crippen LogP contribution in [0.2, 0.25) is 0 Å². The van der Waals surface area contributed by atoms with Gasteiger partial charge in [0.2, 0.25) is 0 Å². The Morgan fingerprint density at radius 1 is 1.39 bits per heavy atom. The fourth-order valence-corrected chi connectivity index (χ4v) is 5.42. The van der Waals surface area contributed by atoms with Gasteiger partial charge in [0.25, 0.3) is 5.56 Å². The van der Waals surface area contributed by atoms with Crippen LogP contribution in [0.25, 0.3) is 10.2 Å². The Balaban J connectivity index is 1.66. The summed E-state index contributed by atoms with van der Waals surface area (Å²) in [6, 6.07) is 0.165. The van der Waals surface area contributed by atoms with Gasteiger partial charge < -0.3 is 10.1 Å². The Kier molecular flexibility index (Phi) is 3.99. The summed E-state index contributed by atoms with van der Waals surface area (Å²) in [5, 5.41) is 10.5. The number of aryl methyl sites for hydroxylation is 2. The Bertz CT molecular complexity index is 782. The molecule has 0 spiro atoms. The molecule has 1 saturated heterocycles. The Labute approximate surface area is 139 Å². The fraction of sp³-hybridized carbons (Fsp3) is 0.647. The summed E-state index contributed by atoms with van der Waals surface area (Å²) in [5.41, 5.74) is 1.24. The van der Waals surface area contributed by atoms with Crippen LogP contribution >= 0.6 is 11.3 Å². The Morgan fingerprint density at radius 2 is 2.26 bits per heavy atom. The van der Waals surface area contributed by atoms with Gasteiger partial charge in [0.15, 0.2) is 0 Å². The SMILES string of the molecule is CC1CCCN(Cc2nc3sc4c(c3c(=O)[nH]2)CCC4)C1CO. The molecule has 3 heterocycles. The molecule has 2 aromatic heterocycles. The zero-order valence-corrected chi connectivity index (χ0v) is 14.3. The summed E-state index contributed by atoms with van der Waals surface area (Å²) < 4.78 is 0. The standard InChI is InChI=1S/C17H23N3O2S/c1-10-4-3-7-20(12(10)9-21)8-14-18-16(22)15-11-5-2-6-13(11)23-17(15)19-14/h10,12,21H,2-9H2,1H3,(H,18,19,22). The molecule has 23 heavy (non-hydrogen) atoms. The second kappa shape index (κ2) is 6.00.